The lowest BCUT2D eigenvalue weighted by atomic mass is 10.1. The van der Waals surface area contributed by atoms with Gasteiger partial charge >= 0.3 is 0 Å². The molecule has 0 atom stereocenters. The van der Waals surface area contributed by atoms with Gasteiger partial charge in [0.15, 0.2) is 5.78 Å². The summed E-state index contributed by atoms with van der Waals surface area (Å²) in [4.78, 5) is 11.8. The first-order chi connectivity index (χ1) is 5.29. The van der Waals surface area contributed by atoms with Gasteiger partial charge in [-0.05, 0) is 5.56 Å². The van der Waals surface area contributed by atoms with Gasteiger partial charge in [0, 0.05) is 12.0 Å². The Morgan fingerprint density at radius 1 is 1.27 bits per heavy atom. The number of benzene rings is 1. The molecule has 1 nitrogen and oxygen atoms in total. The molecule has 0 spiro atoms. The van der Waals surface area contributed by atoms with Crippen LogP contribution in [0.1, 0.15) is 15.9 Å². The first kappa shape index (κ1) is 6.68. The predicted octanol–water partition coefficient (Wildman–Crippen LogP) is 1.80. The van der Waals surface area contributed by atoms with Crippen molar-refractivity contribution in [2.45, 2.75) is 6.42 Å². The van der Waals surface area contributed by atoms with E-state index in [1.54, 1.807) is 0 Å². The van der Waals surface area contributed by atoms with Gasteiger partial charge in [-0.15, -0.1) is 0 Å². The van der Waals surface area contributed by atoms with Gasteiger partial charge in [0.1, 0.15) is 0 Å². The van der Waals surface area contributed by atoms with Crippen molar-refractivity contribution in [3.8, 4) is 0 Å². The zero-order valence-electron chi connectivity index (χ0n) is 5.83. The van der Waals surface area contributed by atoms with E-state index in [1.165, 1.54) is 0 Å². The lowest BCUT2D eigenvalue weighted by Gasteiger charge is -1.91. The van der Waals surface area contributed by atoms with Crippen LogP contribution in [0.2, 0.25) is 0 Å². The van der Waals surface area contributed by atoms with Gasteiger partial charge in [0.2, 0.25) is 0 Å². The molecule has 1 aliphatic rings. The average Bonchev–Trinajstić information content (AvgIpc) is 2.30. The second-order valence-electron chi connectivity index (χ2n) is 2.59. The third-order valence-corrected chi connectivity index (χ3v) is 2.20. The highest BCUT2D eigenvalue weighted by Crippen LogP contribution is 2.19. The van der Waals surface area contributed by atoms with Crippen molar-refractivity contribution in [2.24, 2.45) is 0 Å². The molecule has 1 aliphatic carbocycles. The molecule has 0 radical (unpaired) electrons. The van der Waals surface area contributed by atoms with Crippen LogP contribution in [0.15, 0.2) is 24.3 Å². The molecule has 0 heterocycles. The van der Waals surface area contributed by atoms with E-state index in [9.17, 15) is 4.79 Å². The number of fused-ring (bicyclic) bond motifs is 1. The standard InChI is InChI=1S/C9H6OS/c10-9-7-4-2-1-3-6(7)5-8(9)11/h1-4H,5H2. The summed E-state index contributed by atoms with van der Waals surface area (Å²) in [5.41, 5.74) is 1.86. The summed E-state index contributed by atoms with van der Waals surface area (Å²) in [5, 5.41) is 0. The number of rotatable bonds is 0. The second kappa shape index (κ2) is 2.24. The van der Waals surface area contributed by atoms with Crippen molar-refractivity contribution in [3.63, 3.8) is 0 Å². The number of ketones is 1. The van der Waals surface area contributed by atoms with Gasteiger partial charge in [0.25, 0.3) is 0 Å². The van der Waals surface area contributed by atoms with Crippen LogP contribution in [0.5, 0.6) is 0 Å². The van der Waals surface area contributed by atoms with Crippen LogP contribution in [-0.4, -0.2) is 10.6 Å². The van der Waals surface area contributed by atoms with E-state index >= 15 is 0 Å². The Kier molecular flexibility index (Phi) is 1.36. The van der Waals surface area contributed by atoms with Crippen molar-refractivity contribution < 1.29 is 4.79 Å². The second-order valence-corrected chi connectivity index (χ2v) is 3.08. The fourth-order valence-electron chi connectivity index (χ4n) is 1.30. The van der Waals surface area contributed by atoms with E-state index in [1.807, 2.05) is 24.3 Å². The van der Waals surface area contributed by atoms with E-state index < -0.39 is 0 Å². The number of carbonyl (C=O) groups is 1. The number of carbonyl (C=O) groups excluding carboxylic acids is 1. The molecular formula is C9H6OS. The van der Waals surface area contributed by atoms with E-state index in [2.05, 4.69) is 0 Å². The zero-order chi connectivity index (χ0) is 7.84. The third kappa shape index (κ3) is 0.906. The molecule has 54 valence electrons. The van der Waals surface area contributed by atoms with Crippen LogP contribution in [0.25, 0.3) is 0 Å². The largest absolute Gasteiger partial charge is 0.288 e. The summed E-state index contributed by atoms with van der Waals surface area (Å²) in [6.07, 6.45) is 0.657. The maximum absolute atomic E-state index is 11.3. The van der Waals surface area contributed by atoms with Crippen LogP contribution in [0.4, 0.5) is 0 Å². The molecule has 0 fully saturated rings. The van der Waals surface area contributed by atoms with Crippen LogP contribution >= 0.6 is 12.2 Å². The Morgan fingerprint density at radius 2 is 2.00 bits per heavy atom. The monoisotopic (exact) mass is 162 g/mol. The van der Waals surface area contributed by atoms with Crippen molar-refractivity contribution in [2.75, 3.05) is 0 Å². The Morgan fingerprint density at radius 3 is 2.73 bits per heavy atom. The van der Waals surface area contributed by atoms with Crippen molar-refractivity contribution >= 4 is 22.9 Å². The molecule has 11 heavy (non-hydrogen) atoms. The molecule has 1 aromatic carbocycles. The van der Waals surface area contributed by atoms with Gasteiger partial charge in [-0.25, -0.2) is 0 Å². The maximum atomic E-state index is 11.3. The van der Waals surface area contributed by atoms with E-state index in [0.717, 1.165) is 11.1 Å². The van der Waals surface area contributed by atoms with Crippen LogP contribution in [-0.2, 0) is 6.42 Å². The highest BCUT2D eigenvalue weighted by molar-refractivity contribution is 7.82. The van der Waals surface area contributed by atoms with Crippen LogP contribution in [0, 0.1) is 0 Å². The van der Waals surface area contributed by atoms with Gasteiger partial charge in [-0.3, -0.25) is 4.79 Å². The fourth-order valence-corrected chi connectivity index (χ4v) is 1.56. The third-order valence-electron chi connectivity index (χ3n) is 1.87. The lowest BCUT2D eigenvalue weighted by molar-refractivity contribution is 0.107. The minimum absolute atomic E-state index is 0.0376. The number of hydrogen-bond donors (Lipinski definition) is 0. The van der Waals surface area contributed by atoms with Crippen molar-refractivity contribution in [1.82, 2.24) is 0 Å². The summed E-state index contributed by atoms with van der Waals surface area (Å²) in [6, 6.07) is 7.58. The Hall–Kier alpha value is -1.02. The molecule has 0 unspecified atom stereocenters. The molecule has 0 saturated heterocycles. The molecule has 0 aliphatic heterocycles. The van der Waals surface area contributed by atoms with E-state index in [-0.39, 0.29) is 5.78 Å². The first-order valence-corrected chi connectivity index (χ1v) is 3.85. The molecular weight excluding hydrogens is 156 g/mol. The minimum Gasteiger partial charge on any atom is -0.288 e. The molecule has 0 amide bonds. The van der Waals surface area contributed by atoms with Gasteiger partial charge in [-0.2, -0.15) is 0 Å². The molecule has 0 N–H and O–H groups in total. The topological polar surface area (TPSA) is 17.1 Å². The highest BCUT2D eigenvalue weighted by Gasteiger charge is 2.23. The van der Waals surface area contributed by atoms with Crippen LogP contribution < -0.4 is 0 Å². The first-order valence-electron chi connectivity index (χ1n) is 3.44. The summed E-state index contributed by atoms with van der Waals surface area (Å²) in [5.74, 6) is 0.0376. The molecule has 1 aromatic rings. The summed E-state index contributed by atoms with van der Waals surface area (Å²) < 4.78 is 0. The number of Topliss-reactive ketones (excluding diaryl/α,β-unsaturated/α-hetero) is 1. The fraction of sp³-hybridized carbons (Fsp3) is 0.111. The average molecular weight is 162 g/mol. The Bertz CT molecular complexity index is 341. The summed E-state index contributed by atoms with van der Waals surface area (Å²) >= 11 is 4.90. The zero-order valence-corrected chi connectivity index (χ0v) is 6.65. The van der Waals surface area contributed by atoms with E-state index in [4.69, 9.17) is 12.2 Å². The van der Waals surface area contributed by atoms with Gasteiger partial charge in [0.05, 0.1) is 4.86 Å². The Labute approximate surface area is 70.0 Å². The van der Waals surface area contributed by atoms with E-state index in [0.29, 0.717) is 11.3 Å². The normalized spacial score (nSPS) is 15.3. The number of hydrogen-bond acceptors (Lipinski definition) is 2. The highest BCUT2D eigenvalue weighted by atomic mass is 32.1. The smallest absolute Gasteiger partial charge is 0.200 e. The van der Waals surface area contributed by atoms with Gasteiger partial charge in [-0.1, -0.05) is 36.5 Å². The lowest BCUT2D eigenvalue weighted by Crippen LogP contribution is -2.02. The SMILES string of the molecule is O=C1C(=S)Cc2ccccc21. The molecule has 0 saturated carbocycles. The molecule has 0 bridgehead atoms. The summed E-state index contributed by atoms with van der Waals surface area (Å²) in [7, 11) is 0. The summed E-state index contributed by atoms with van der Waals surface area (Å²) in [6.45, 7) is 0. The molecule has 0 aromatic heterocycles. The minimum atomic E-state index is 0.0376. The van der Waals surface area contributed by atoms with Crippen molar-refractivity contribution in [3.05, 3.63) is 35.4 Å². The number of thiocarbonyl (C=S) groups is 1. The molecule has 2 rings (SSSR count). The van der Waals surface area contributed by atoms with Crippen molar-refractivity contribution in [1.29, 1.82) is 0 Å². The quantitative estimate of drug-likeness (QED) is 0.541. The van der Waals surface area contributed by atoms with Crippen LogP contribution in [0.3, 0.4) is 0 Å². The Balaban J connectivity index is 2.64. The maximum Gasteiger partial charge on any atom is 0.200 e. The molecule has 2 heteroatoms. The predicted molar refractivity (Wildman–Crippen MR) is 47.1 cm³/mol. The van der Waals surface area contributed by atoms with Gasteiger partial charge < -0.3 is 0 Å².